The van der Waals surface area contributed by atoms with Crippen LogP contribution in [0.15, 0.2) is 212 Å². The summed E-state index contributed by atoms with van der Waals surface area (Å²) in [5.41, 5.74) is 6.75. The number of hydrogen-bond acceptors (Lipinski definition) is 11. The molecule has 72 heavy (non-hydrogen) atoms. The Morgan fingerprint density at radius 2 is 0.569 bits per heavy atom. The summed E-state index contributed by atoms with van der Waals surface area (Å²) in [6, 6.07) is 69.6. The predicted octanol–water partition coefficient (Wildman–Crippen LogP) is 10.2. The highest BCUT2D eigenvalue weighted by Gasteiger charge is 2.54. The topological polar surface area (TPSA) is 113 Å². The molecule has 11 heteroatoms. The molecular weight excluding hydrogens is 909 g/mol. The lowest BCUT2D eigenvalue weighted by atomic mass is 9.95. The van der Waals surface area contributed by atoms with Crippen molar-refractivity contribution in [1.29, 1.82) is 0 Å². The summed E-state index contributed by atoms with van der Waals surface area (Å²) >= 11 is 0. The van der Waals surface area contributed by atoms with E-state index in [1.807, 2.05) is 212 Å². The van der Waals surface area contributed by atoms with Gasteiger partial charge in [0.15, 0.2) is 12.6 Å². The van der Waals surface area contributed by atoms with Gasteiger partial charge in [-0.1, -0.05) is 212 Å². The Balaban J connectivity index is 1.10. The number of aliphatic hydroxyl groups is 1. The molecule has 2 heterocycles. The van der Waals surface area contributed by atoms with Crippen molar-refractivity contribution >= 4 is 0 Å². The first-order chi connectivity index (χ1) is 35.6. The summed E-state index contributed by atoms with van der Waals surface area (Å²) in [6.07, 6.45) is -9.37. The second kappa shape index (κ2) is 27.2. The molecule has 2 fully saturated rings. The Hall–Kier alpha value is -5.90. The van der Waals surface area contributed by atoms with Crippen LogP contribution in [0.5, 0.6) is 0 Å². The molecule has 0 amide bonds. The van der Waals surface area contributed by atoms with Crippen LogP contribution in [0, 0.1) is 0 Å². The van der Waals surface area contributed by atoms with Crippen LogP contribution in [0.1, 0.15) is 38.9 Å². The summed E-state index contributed by atoms with van der Waals surface area (Å²) in [4.78, 5) is 0. The Kier molecular flexibility index (Phi) is 19.3. The molecule has 374 valence electrons. The zero-order valence-corrected chi connectivity index (χ0v) is 40.4. The van der Waals surface area contributed by atoms with Gasteiger partial charge in [0.2, 0.25) is 0 Å². The quantitative estimate of drug-likeness (QED) is 0.0591. The lowest BCUT2D eigenvalue weighted by molar-refractivity contribution is -0.374. The zero-order valence-electron chi connectivity index (χ0n) is 40.4. The minimum Gasteiger partial charge on any atom is -0.374 e. The van der Waals surface area contributed by atoms with E-state index in [4.69, 9.17) is 47.4 Å². The third-order valence-corrected chi connectivity index (χ3v) is 12.7. The fourth-order valence-electron chi connectivity index (χ4n) is 8.97. The number of benzene rings is 7. The van der Waals surface area contributed by atoms with Gasteiger partial charge in [-0.25, -0.2) is 0 Å². The van der Waals surface area contributed by atoms with Crippen molar-refractivity contribution in [3.05, 3.63) is 251 Å². The van der Waals surface area contributed by atoms with E-state index in [0.717, 1.165) is 38.9 Å². The molecule has 7 aromatic carbocycles. The molecule has 2 aliphatic rings. The Labute approximate surface area is 423 Å². The van der Waals surface area contributed by atoms with Gasteiger partial charge in [0, 0.05) is 0 Å². The largest absolute Gasteiger partial charge is 0.374 e. The molecule has 11 nitrogen and oxygen atoms in total. The zero-order chi connectivity index (χ0) is 49.0. The van der Waals surface area contributed by atoms with Crippen LogP contribution >= 0.6 is 0 Å². The molecule has 2 aliphatic heterocycles. The van der Waals surface area contributed by atoms with Gasteiger partial charge in [-0.05, 0) is 38.9 Å². The average Bonchev–Trinajstić information content (AvgIpc) is 3.43. The second-order valence-electron chi connectivity index (χ2n) is 18.0. The maximum absolute atomic E-state index is 12.0. The average molecular weight is 973 g/mol. The molecule has 0 aromatic heterocycles. The van der Waals surface area contributed by atoms with E-state index in [0.29, 0.717) is 13.2 Å². The fraction of sp³-hybridized carbons (Fsp3) is 0.311. The van der Waals surface area contributed by atoms with Crippen molar-refractivity contribution in [3.63, 3.8) is 0 Å². The van der Waals surface area contributed by atoms with Gasteiger partial charge in [0.25, 0.3) is 0 Å². The molecule has 7 aromatic rings. The highest BCUT2D eigenvalue weighted by atomic mass is 16.8. The molecule has 10 atom stereocenters. The van der Waals surface area contributed by atoms with Crippen LogP contribution in [0.25, 0.3) is 0 Å². The first-order valence-electron chi connectivity index (χ1n) is 24.8. The number of hydrogen-bond donors (Lipinski definition) is 1. The smallest absolute Gasteiger partial charge is 0.187 e. The monoisotopic (exact) mass is 972 g/mol. The van der Waals surface area contributed by atoms with Crippen molar-refractivity contribution in [2.45, 2.75) is 108 Å². The number of aliphatic hydroxyl groups excluding tert-OH is 1. The molecule has 1 N–H and O–H groups in total. The molecule has 0 radical (unpaired) electrons. The van der Waals surface area contributed by atoms with E-state index >= 15 is 0 Å². The van der Waals surface area contributed by atoms with Gasteiger partial charge in [-0.3, -0.25) is 0 Å². The Morgan fingerprint density at radius 1 is 0.292 bits per heavy atom. The van der Waals surface area contributed by atoms with Crippen LogP contribution in [0.2, 0.25) is 0 Å². The van der Waals surface area contributed by atoms with Crippen molar-refractivity contribution in [1.82, 2.24) is 0 Å². The predicted molar refractivity (Wildman–Crippen MR) is 272 cm³/mol. The van der Waals surface area contributed by atoms with E-state index in [9.17, 15) is 5.11 Å². The Morgan fingerprint density at radius 3 is 0.931 bits per heavy atom. The molecular formula is C61H64O11. The summed E-state index contributed by atoms with van der Waals surface area (Å²) in [7, 11) is 0. The molecule has 6 unspecified atom stereocenters. The van der Waals surface area contributed by atoms with Crippen molar-refractivity contribution in [2.75, 3.05) is 13.2 Å². The number of ether oxygens (including phenoxy) is 10. The lowest BCUT2D eigenvalue weighted by Gasteiger charge is -2.49. The minimum absolute atomic E-state index is 0.0375. The van der Waals surface area contributed by atoms with Crippen LogP contribution in [-0.4, -0.2) is 79.7 Å². The molecule has 9 rings (SSSR count). The van der Waals surface area contributed by atoms with E-state index in [1.54, 1.807) is 0 Å². The normalized spacial score (nSPS) is 24.2. The SMILES string of the molecule is O[C@H]1OC(COCc2ccccc2)[C@@H](O[C@H]2OC(COCc3ccccc3)[C@@H](OCc3ccccc3)C(OCc3ccccc3)C2OCc2ccccc2)C(OCc2ccccc2)C1OCc1ccccc1. The lowest BCUT2D eigenvalue weighted by Crippen LogP contribution is -2.66. The van der Waals surface area contributed by atoms with Crippen LogP contribution in [0.4, 0.5) is 0 Å². The molecule has 0 bridgehead atoms. The minimum atomic E-state index is -1.41. The second-order valence-corrected chi connectivity index (χ2v) is 18.0. The van der Waals surface area contributed by atoms with Crippen molar-refractivity contribution < 1.29 is 52.5 Å². The van der Waals surface area contributed by atoms with E-state index in [2.05, 4.69) is 0 Å². The van der Waals surface area contributed by atoms with Crippen molar-refractivity contribution in [3.8, 4) is 0 Å². The third-order valence-electron chi connectivity index (χ3n) is 12.7. The molecule has 2 saturated heterocycles. The van der Waals surface area contributed by atoms with Crippen LogP contribution < -0.4 is 0 Å². The Bertz CT molecular complexity index is 2550. The van der Waals surface area contributed by atoms with Crippen molar-refractivity contribution in [2.24, 2.45) is 0 Å². The fourth-order valence-corrected chi connectivity index (χ4v) is 8.97. The highest BCUT2D eigenvalue weighted by molar-refractivity contribution is 5.19. The van der Waals surface area contributed by atoms with Gasteiger partial charge in [-0.2, -0.15) is 0 Å². The summed E-state index contributed by atoms with van der Waals surface area (Å²) < 4.78 is 68.6. The van der Waals surface area contributed by atoms with Gasteiger partial charge in [-0.15, -0.1) is 0 Å². The maximum atomic E-state index is 12.0. The maximum Gasteiger partial charge on any atom is 0.187 e. The third kappa shape index (κ3) is 14.8. The number of rotatable bonds is 25. The standard InChI is InChI=1S/C61H64O11/c62-60-58(68-41-50-32-18-6-19-33-50)57(67-40-49-30-16-5-17-31-49)55(53(70-60)44-64-37-46-24-10-2-11-25-46)72-61-59(69-42-51-34-20-7-21-35-51)56(66-39-48-28-14-4-15-29-48)54(65-38-47-26-12-3-13-27-47)52(71-61)43-63-36-45-22-8-1-9-23-45/h1-35,52-62H,36-44H2/t52?,53?,54-,55-,56?,57?,58?,59?,60+,61-/m1/s1. The van der Waals surface area contributed by atoms with Gasteiger partial charge >= 0.3 is 0 Å². The summed E-state index contributed by atoms with van der Waals surface area (Å²) in [5.74, 6) is 0. The van der Waals surface area contributed by atoms with Crippen LogP contribution in [0.3, 0.4) is 0 Å². The highest BCUT2D eigenvalue weighted by Crippen LogP contribution is 2.36. The molecule has 0 saturated carbocycles. The van der Waals surface area contributed by atoms with Gasteiger partial charge < -0.3 is 52.5 Å². The van der Waals surface area contributed by atoms with E-state index in [-0.39, 0.29) is 46.2 Å². The van der Waals surface area contributed by atoms with Gasteiger partial charge in [0.05, 0.1) is 59.5 Å². The molecule has 0 aliphatic carbocycles. The first kappa shape index (κ1) is 51.0. The van der Waals surface area contributed by atoms with E-state index in [1.165, 1.54) is 0 Å². The molecule has 0 spiro atoms. The van der Waals surface area contributed by atoms with E-state index < -0.39 is 61.4 Å². The summed E-state index contributed by atoms with van der Waals surface area (Å²) in [6.45, 7) is 1.91. The summed E-state index contributed by atoms with van der Waals surface area (Å²) in [5, 5.41) is 12.0. The van der Waals surface area contributed by atoms with Gasteiger partial charge in [0.1, 0.15) is 48.8 Å². The first-order valence-corrected chi connectivity index (χ1v) is 24.8. The van der Waals surface area contributed by atoms with Crippen LogP contribution in [-0.2, 0) is 93.6 Å².